The number of carbonyl (C=O) groups is 1. The molecule has 23 heavy (non-hydrogen) atoms. The molecule has 2 rings (SSSR count). The maximum atomic E-state index is 13.3. The SMILES string of the molecule is CC(O)CN(C(=O)c1cnc(-c2ccc(F)c(F)c2)s1)C(C)C. The van der Waals surface area contributed by atoms with Gasteiger partial charge in [0, 0.05) is 18.2 Å². The molecule has 0 saturated heterocycles. The first-order valence-corrected chi connectivity index (χ1v) is 8.01. The Morgan fingerprint density at radius 1 is 1.30 bits per heavy atom. The number of aliphatic hydroxyl groups is 1. The van der Waals surface area contributed by atoms with Gasteiger partial charge in [0.1, 0.15) is 9.88 Å². The fourth-order valence-corrected chi connectivity index (χ4v) is 2.96. The molecule has 1 heterocycles. The molecule has 0 saturated carbocycles. The molecular weight excluding hydrogens is 322 g/mol. The Balaban J connectivity index is 2.26. The number of aliphatic hydroxyl groups excluding tert-OH is 1. The molecule has 0 radical (unpaired) electrons. The standard InChI is InChI=1S/C16H18F2N2O2S/c1-9(2)20(8-10(3)21)16(22)14-7-19-15(23-14)11-4-5-12(17)13(18)6-11/h4-7,9-10,21H,8H2,1-3H3. The van der Waals surface area contributed by atoms with Crippen LogP contribution in [0.5, 0.6) is 0 Å². The van der Waals surface area contributed by atoms with Gasteiger partial charge in [0.15, 0.2) is 11.6 Å². The summed E-state index contributed by atoms with van der Waals surface area (Å²) in [5.74, 6) is -2.12. The second-order valence-corrected chi connectivity index (χ2v) is 6.59. The molecular formula is C16H18F2N2O2S. The molecule has 0 aliphatic carbocycles. The lowest BCUT2D eigenvalue weighted by Gasteiger charge is -2.27. The zero-order chi connectivity index (χ0) is 17.1. The van der Waals surface area contributed by atoms with Crippen LogP contribution in [0.15, 0.2) is 24.4 Å². The van der Waals surface area contributed by atoms with Gasteiger partial charge < -0.3 is 10.0 Å². The van der Waals surface area contributed by atoms with Crippen LogP contribution >= 0.6 is 11.3 Å². The third-order valence-corrected chi connectivity index (χ3v) is 4.26. The van der Waals surface area contributed by atoms with Crippen molar-refractivity contribution in [3.63, 3.8) is 0 Å². The predicted octanol–water partition coefficient (Wildman–Crippen LogP) is 3.32. The lowest BCUT2D eigenvalue weighted by molar-refractivity contribution is 0.0583. The van der Waals surface area contributed by atoms with Gasteiger partial charge in [-0.2, -0.15) is 0 Å². The molecule has 124 valence electrons. The summed E-state index contributed by atoms with van der Waals surface area (Å²) in [5, 5.41) is 9.96. The van der Waals surface area contributed by atoms with Crippen molar-refractivity contribution in [3.05, 3.63) is 40.9 Å². The van der Waals surface area contributed by atoms with E-state index in [-0.39, 0.29) is 18.5 Å². The number of halogens is 2. The van der Waals surface area contributed by atoms with E-state index >= 15 is 0 Å². The van der Waals surface area contributed by atoms with E-state index in [0.29, 0.717) is 15.4 Å². The summed E-state index contributed by atoms with van der Waals surface area (Å²) in [5.41, 5.74) is 0.416. The number of aromatic nitrogens is 1. The summed E-state index contributed by atoms with van der Waals surface area (Å²) in [6, 6.07) is 3.42. The van der Waals surface area contributed by atoms with Gasteiger partial charge in [-0.3, -0.25) is 4.79 Å². The first-order valence-electron chi connectivity index (χ1n) is 7.20. The minimum Gasteiger partial charge on any atom is -0.392 e. The highest BCUT2D eigenvalue weighted by Crippen LogP contribution is 2.27. The summed E-state index contributed by atoms with van der Waals surface area (Å²) >= 11 is 1.11. The van der Waals surface area contributed by atoms with E-state index < -0.39 is 17.7 Å². The Labute approximate surface area is 137 Å². The van der Waals surface area contributed by atoms with Gasteiger partial charge in [-0.25, -0.2) is 13.8 Å². The Morgan fingerprint density at radius 2 is 2.00 bits per heavy atom. The zero-order valence-electron chi connectivity index (χ0n) is 13.1. The topological polar surface area (TPSA) is 53.4 Å². The van der Waals surface area contributed by atoms with Crippen LogP contribution in [-0.2, 0) is 0 Å². The number of benzene rings is 1. The molecule has 2 aromatic rings. The van der Waals surface area contributed by atoms with E-state index in [1.807, 2.05) is 13.8 Å². The van der Waals surface area contributed by atoms with Crippen molar-refractivity contribution in [2.75, 3.05) is 6.54 Å². The van der Waals surface area contributed by atoms with Crippen LogP contribution in [0.4, 0.5) is 8.78 Å². The monoisotopic (exact) mass is 340 g/mol. The highest BCUT2D eigenvalue weighted by Gasteiger charge is 2.22. The van der Waals surface area contributed by atoms with Crippen LogP contribution in [-0.4, -0.2) is 39.6 Å². The van der Waals surface area contributed by atoms with Gasteiger partial charge in [0.25, 0.3) is 5.91 Å². The van der Waals surface area contributed by atoms with Crippen molar-refractivity contribution in [3.8, 4) is 10.6 Å². The molecule has 1 aromatic carbocycles. The Bertz CT molecular complexity index is 701. The fourth-order valence-electron chi connectivity index (χ4n) is 2.09. The number of amides is 1. The third kappa shape index (κ3) is 4.11. The van der Waals surface area contributed by atoms with Crippen molar-refractivity contribution in [2.24, 2.45) is 0 Å². The molecule has 0 fully saturated rings. The van der Waals surface area contributed by atoms with Gasteiger partial charge in [0.2, 0.25) is 0 Å². The zero-order valence-corrected chi connectivity index (χ0v) is 13.9. The molecule has 0 aliphatic heterocycles. The molecule has 0 bridgehead atoms. The summed E-state index contributed by atoms with van der Waals surface area (Å²) < 4.78 is 26.3. The van der Waals surface area contributed by atoms with Crippen molar-refractivity contribution in [1.82, 2.24) is 9.88 Å². The smallest absolute Gasteiger partial charge is 0.265 e. The Kier molecular flexibility index (Phi) is 5.43. The van der Waals surface area contributed by atoms with E-state index in [2.05, 4.69) is 4.98 Å². The first-order chi connectivity index (χ1) is 10.8. The lowest BCUT2D eigenvalue weighted by Crippen LogP contribution is -2.41. The molecule has 1 unspecified atom stereocenters. The molecule has 7 heteroatoms. The normalized spacial score (nSPS) is 12.5. The van der Waals surface area contributed by atoms with E-state index in [4.69, 9.17) is 0 Å². The van der Waals surface area contributed by atoms with Crippen molar-refractivity contribution < 1.29 is 18.7 Å². The second-order valence-electron chi connectivity index (χ2n) is 5.56. The van der Waals surface area contributed by atoms with Crippen molar-refractivity contribution in [2.45, 2.75) is 32.9 Å². The predicted molar refractivity (Wildman–Crippen MR) is 85.3 cm³/mol. The first kappa shape index (κ1) is 17.5. The molecule has 1 aromatic heterocycles. The van der Waals surface area contributed by atoms with Crippen LogP contribution in [0.2, 0.25) is 0 Å². The van der Waals surface area contributed by atoms with E-state index in [0.717, 1.165) is 23.5 Å². The number of hydrogen-bond acceptors (Lipinski definition) is 4. The maximum absolute atomic E-state index is 13.3. The molecule has 1 N–H and O–H groups in total. The lowest BCUT2D eigenvalue weighted by atomic mass is 10.2. The number of carbonyl (C=O) groups excluding carboxylic acids is 1. The quantitative estimate of drug-likeness (QED) is 0.908. The van der Waals surface area contributed by atoms with E-state index in [1.54, 1.807) is 11.8 Å². The Morgan fingerprint density at radius 3 is 2.57 bits per heavy atom. The molecule has 0 spiro atoms. The summed E-state index contributed by atoms with van der Waals surface area (Å²) in [6.45, 7) is 5.55. The summed E-state index contributed by atoms with van der Waals surface area (Å²) in [7, 11) is 0. The van der Waals surface area contributed by atoms with Crippen LogP contribution in [0.1, 0.15) is 30.4 Å². The Hall–Kier alpha value is -1.86. The molecule has 1 amide bonds. The minimum atomic E-state index is -0.955. The largest absolute Gasteiger partial charge is 0.392 e. The van der Waals surface area contributed by atoms with Crippen LogP contribution in [0.3, 0.4) is 0 Å². The van der Waals surface area contributed by atoms with Gasteiger partial charge in [-0.05, 0) is 39.0 Å². The summed E-state index contributed by atoms with van der Waals surface area (Å²) in [6.07, 6.45) is 0.779. The summed E-state index contributed by atoms with van der Waals surface area (Å²) in [4.78, 5) is 18.6. The fraction of sp³-hybridized carbons (Fsp3) is 0.375. The average Bonchev–Trinajstić information content (AvgIpc) is 2.96. The van der Waals surface area contributed by atoms with Crippen LogP contribution in [0, 0.1) is 11.6 Å². The van der Waals surface area contributed by atoms with Gasteiger partial charge >= 0.3 is 0 Å². The van der Waals surface area contributed by atoms with Gasteiger partial charge in [0.05, 0.1) is 12.3 Å². The average molecular weight is 340 g/mol. The molecule has 4 nitrogen and oxygen atoms in total. The van der Waals surface area contributed by atoms with Crippen LogP contribution in [0.25, 0.3) is 10.6 Å². The molecule has 0 aliphatic rings. The van der Waals surface area contributed by atoms with Crippen LogP contribution < -0.4 is 0 Å². The number of hydrogen-bond donors (Lipinski definition) is 1. The second kappa shape index (κ2) is 7.14. The highest BCUT2D eigenvalue weighted by atomic mass is 32.1. The van der Waals surface area contributed by atoms with Crippen molar-refractivity contribution >= 4 is 17.2 Å². The highest BCUT2D eigenvalue weighted by molar-refractivity contribution is 7.16. The van der Waals surface area contributed by atoms with Gasteiger partial charge in [-0.15, -0.1) is 11.3 Å². The third-order valence-electron chi connectivity index (χ3n) is 3.23. The molecule has 1 atom stereocenters. The number of thiazole rings is 1. The number of rotatable bonds is 5. The maximum Gasteiger partial charge on any atom is 0.265 e. The minimum absolute atomic E-state index is 0.0779. The van der Waals surface area contributed by atoms with E-state index in [9.17, 15) is 18.7 Å². The number of nitrogens with zero attached hydrogens (tertiary/aromatic N) is 2. The van der Waals surface area contributed by atoms with Gasteiger partial charge in [-0.1, -0.05) is 0 Å². The van der Waals surface area contributed by atoms with E-state index in [1.165, 1.54) is 12.3 Å². The van der Waals surface area contributed by atoms with Crippen molar-refractivity contribution in [1.29, 1.82) is 0 Å².